The minimum atomic E-state index is -0.625. The molecule has 0 aliphatic rings. The maximum atomic E-state index is 12.1. The van der Waals surface area contributed by atoms with Gasteiger partial charge < -0.3 is 20.2 Å². The van der Waals surface area contributed by atoms with Crippen LogP contribution in [0.3, 0.4) is 0 Å². The minimum Gasteiger partial charge on any atom is -0.462 e. The van der Waals surface area contributed by atoms with Crippen molar-refractivity contribution >= 4 is 44.8 Å². The van der Waals surface area contributed by atoms with Gasteiger partial charge in [0.05, 0.1) is 24.0 Å². The number of hydrogen-bond donors (Lipinski definition) is 1. The first-order valence-corrected chi connectivity index (χ1v) is 8.46. The number of aromatic nitrogens is 2. The van der Waals surface area contributed by atoms with E-state index in [1.165, 1.54) is 28.3 Å². The number of hydrogen-bond acceptors (Lipinski definition) is 7. The second-order valence-electron chi connectivity index (χ2n) is 5.26. The predicted molar refractivity (Wildman–Crippen MR) is 95.3 cm³/mol. The van der Waals surface area contributed by atoms with Gasteiger partial charge in [-0.05, 0) is 41.5 Å². The molecule has 0 aliphatic heterocycles. The Morgan fingerprint density at radius 2 is 2.15 bits per heavy atom. The largest absolute Gasteiger partial charge is 0.462 e. The number of carbonyl (C=O) groups is 2. The van der Waals surface area contributed by atoms with Gasteiger partial charge in [-0.15, -0.1) is 11.3 Å². The molecule has 0 spiro atoms. The summed E-state index contributed by atoms with van der Waals surface area (Å²) in [5, 5.41) is 17.8. The van der Waals surface area contributed by atoms with Gasteiger partial charge in [-0.2, -0.15) is 4.68 Å². The number of esters is 1. The highest BCUT2D eigenvalue weighted by molar-refractivity contribution is 7.20. The summed E-state index contributed by atoms with van der Waals surface area (Å²) in [6.07, 6.45) is 1.37. The average molecular weight is 374 g/mol. The summed E-state index contributed by atoms with van der Waals surface area (Å²) in [7, 11) is 0. The maximum Gasteiger partial charge on any atom is 0.389 e. The Morgan fingerprint density at radius 1 is 1.35 bits per heavy atom. The zero-order valence-corrected chi connectivity index (χ0v) is 14.5. The Bertz CT molecular complexity index is 994. The van der Waals surface area contributed by atoms with Gasteiger partial charge in [0.15, 0.2) is 0 Å². The molecule has 10 heteroatoms. The van der Waals surface area contributed by atoms with Crippen LogP contribution in [0.2, 0.25) is 0 Å². The van der Waals surface area contributed by atoms with Crippen molar-refractivity contribution in [1.82, 2.24) is 9.78 Å². The quantitative estimate of drug-likeness (QED) is 0.403. The fraction of sp³-hybridized carbons (Fsp3) is 0.188. The molecule has 1 N–H and O–H groups in total. The monoisotopic (exact) mass is 374 g/mol. The number of benzene rings is 1. The lowest BCUT2D eigenvalue weighted by Crippen LogP contribution is -2.19. The highest BCUT2D eigenvalue weighted by atomic mass is 32.1. The summed E-state index contributed by atoms with van der Waals surface area (Å²) >= 11 is 1.32. The Labute approximate surface area is 151 Å². The molecule has 0 fully saturated rings. The van der Waals surface area contributed by atoms with Gasteiger partial charge in [0, 0.05) is 10.4 Å². The van der Waals surface area contributed by atoms with Gasteiger partial charge in [0.2, 0.25) is 5.91 Å². The number of thiophene rings is 1. The van der Waals surface area contributed by atoms with Crippen LogP contribution < -0.4 is 5.32 Å². The highest BCUT2D eigenvalue weighted by Gasteiger charge is 2.14. The summed E-state index contributed by atoms with van der Waals surface area (Å²) in [6.45, 7) is 1.90. The lowest BCUT2D eigenvalue weighted by atomic mass is 10.2. The van der Waals surface area contributed by atoms with Gasteiger partial charge in [-0.25, -0.2) is 4.79 Å². The third-order valence-electron chi connectivity index (χ3n) is 3.40. The second kappa shape index (κ2) is 7.31. The standard InChI is InChI=1S/C16H14N4O5S/c1-2-25-16(22)13-8-10-7-11(3-4-12(10)26-13)17-15(21)9-19-6-5-14(18-19)20(23)24/h3-8H,2,9H2,1H3,(H,17,21). The molecular weight excluding hydrogens is 360 g/mol. The van der Waals surface area contributed by atoms with Crippen LogP contribution in [0.25, 0.3) is 10.1 Å². The SMILES string of the molecule is CCOC(=O)c1cc2cc(NC(=O)Cn3ccc([N+](=O)[O-])n3)ccc2s1. The number of fused-ring (bicyclic) bond motifs is 1. The van der Waals surface area contributed by atoms with Crippen molar-refractivity contribution in [3.8, 4) is 0 Å². The molecule has 9 nitrogen and oxygen atoms in total. The summed E-state index contributed by atoms with van der Waals surface area (Å²) in [6, 6.07) is 8.21. The van der Waals surface area contributed by atoms with Crippen molar-refractivity contribution < 1.29 is 19.2 Å². The normalized spacial score (nSPS) is 10.7. The average Bonchev–Trinajstić information content (AvgIpc) is 3.21. The molecule has 0 atom stereocenters. The topological polar surface area (TPSA) is 116 Å². The molecule has 3 aromatic rings. The number of nitrogens with one attached hydrogen (secondary N) is 1. The summed E-state index contributed by atoms with van der Waals surface area (Å²) in [5.41, 5.74) is 0.553. The number of ether oxygens (including phenoxy) is 1. The van der Waals surface area contributed by atoms with Crippen molar-refractivity contribution in [3.63, 3.8) is 0 Å². The van der Waals surface area contributed by atoms with Crippen LogP contribution >= 0.6 is 11.3 Å². The van der Waals surface area contributed by atoms with E-state index in [-0.39, 0.29) is 24.2 Å². The van der Waals surface area contributed by atoms with Crippen LogP contribution in [0, 0.1) is 10.1 Å². The van der Waals surface area contributed by atoms with E-state index in [1.54, 1.807) is 31.2 Å². The molecular formula is C16H14N4O5S. The fourth-order valence-electron chi connectivity index (χ4n) is 2.31. The zero-order chi connectivity index (χ0) is 18.7. The van der Waals surface area contributed by atoms with Crippen molar-refractivity contribution in [2.45, 2.75) is 13.5 Å². The van der Waals surface area contributed by atoms with Crippen LogP contribution in [-0.4, -0.2) is 33.2 Å². The number of anilines is 1. The fourth-order valence-corrected chi connectivity index (χ4v) is 3.24. The molecule has 0 unspecified atom stereocenters. The lowest BCUT2D eigenvalue weighted by molar-refractivity contribution is -0.389. The van der Waals surface area contributed by atoms with Crippen LogP contribution in [0.15, 0.2) is 36.5 Å². The van der Waals surface area contributed by atoms with E-state index < -0.39 is 4.92 Å². The molecule has 0 bridgehead atoms. The maximum absolute atomic E-state index is 12.1. The minimum absolute atomic E-state index is 0.149. The summed E-state index contributed by atoms with van der Waals surface area (Å²) in [4.78, 5) is 34.3. The molecule has 2 aromatic heterocycles. The molecule has 0 saturated carbocycles. The Morgan fingerprint density at radius 3 is 2.85 bits per heavy atom. The van der Waals surface area contributed by atoms with Crippen LogP contribution in [-0.2, 0) is 16.1 Å². The summed E-state index contributed by atoms with van der Waals surface area (Å²) in [5.74, 6) is -1.06. The predicted octanol–water partition coefficient (Wildman–Crippen LogP) is 2.82. The van der Waals surface area contributed by atoms with E-state index in [0.29, 0.717) is 17.2 Å². The molecule has 134 valence electrons. The first-order chi connectivity index (χ1) is 12.5. The molecule has 0 aliphatic carbocycles. The molecule has 1 aromatic carbocycles. The first-order valence-electron chi connectivity index (χ1n) is 7.64. The lowest BCUT2D eigenvalue weighted by Gasteiger charge is -2.04. The summed E-state index contributed by atoms with van der Waals surface area (Å²) < 4.78 is 7.07. The molecule has 0 saturated heterocycles. The van der Waals surface area contributed by atoms with E-state index in [1.807, 2.05) is 0 Å². The van der Waals surface area contributed by atoms with Crippen molar-refractivity contribution in [2.75, 3.05) is 11.9 Å². The number of nitro groups is 1. The third kappa shape index (κ3) is 3.86. The van der Waals surface area contributed by atoms with Crippen molar-refractivity contribution in [2.24, 2.45) is 0 Å². The van der Waals surface area contributed by atoms with Gasteiger partial charge in [0.1, 0.15) is 11.4 Å². The third-order valence-corrected chi connectivity index (χ3v) is 4.49. The van der Waals surface area contributed by atoms with Gasteiger partial charge >= 0.3 is 11.8 Å². The zero-order valence-electron chi connectivity index (χ0n) is 13.7. The van der Waals surface area contributed by atoms with Crippen LogP contribution in [0.4, 0.5) is 11.5 Å². The number of rotatable bonds is 6. The van der Waals surface area contributed by atoms with Gasteiger partial charge in [-0.1, -0.05) is 0 Å². The van der Waals surface area contributed by atoms with Gasteiger partial charge in [-0.3, -0.25) is 4.79 Å². The Kier molecular flexibility index (Phi) is 4.94. The molecule has 26 heavy (non-hydrogen) atoms. The Hall–Kier alpha value is -3.27. The molecule has 3 rings (SSSR count). The number of nitrogens with zero attached hydrogens (tertiary/aromatic N) is 3. The number of amides is 1. The molecule has 1 amide bonds. The van der Waals surface area contributed by atoms with E-state index in [0.717, 1.165) is 10.1 Å². The smallest absolute Gasteiger partial charge is 0.389 e. The van der Waals surface area contributed by atoms with Crippen molar-refractivity contribution in [1.29, 1.82) is 0 Å². The van der Waals surface area contributed by atoms with Crippen molar-refractivity contribution in [3.05, 3.63) is 51.5 Å². The number of carbonyl (C=O) groups excluding carboxylic acids is 2. The second-order valence-corrected chi connectivity index (χ2v) is 6.34. The first kappa shape index (κ1) is 17.5. The molecule has 0 radical (unpaired) electrons. The van der Waals surface area contributed by atoms with Gasteiger partial charge in [0.25, 0.3) is 0 Å². The van der Waals surface area contributed by atoms with Crippen LogP contribution in [0.5, 0.6) is 0 Å². The van der Waals surface area contributed by atoms with Crippen LogP contribution in [0.1, 0.15) is 16.6 Å². The van der Waals surface area contributed by atoms with E-state index in [9.17, 15) is 19.7 Å². The molecule has 2 heterocycles. The van der Waals surface area contributed by atoms with E-state index >= 15 is 0 Å². The van der Waals surface area contributed by atoms with E-state index in [4.69, 9.17) is 4.74 Å². The van der Waals surface area contributed by atoms with E-state index in [2.05, 4.69) is 10.4 Å². The Balaban J connectivity index is 1.70. The highest BCUT2D eigenvalue weighted by Crippen LogP contribution is 2.28.